The highest BCUT2D eigenvalue weighted by atomic mass is 16.5. The Morgan fingerprint density at radius 3 is 2.11 bits per heavy atom. The van der Waals surface area contributed by atoms with Gasteiger partial charge < -0.3 is 25.2 Å². The molecule has 0 unspecified atom stereocenters. The summed E-state index contributed by atoms with van der Waals surface area (Å²) >= 11 is 0. The summed E-state index contributed by atoms with van der Waals surface area (Å²) in [6, 6.07) is 9.92. The third-order valence-corrected chi connectivity index (χ3v) is 3.82. The molecule has 0 aliphatic rings. The molecule has 0 aromatic heterocycles. The Kier molecular flexibility index (Phi) is 6.97. The van der Waals surface area contributed by atoms with Crippen molar-refractivity contribution in [2.75, 3.05) is 25.6 Å². The molecule has 0 atom stereocenters. The molecule has 0 saturated heterocycles. The lowest BCUT2D eigenvalue weighted by Crippen LogP contribution is -2.24. The fourth-order valence-corrected chi connectivity index (χ4v) is 2.50. The summed E-state index contributed by atoms with van der Waals surface area (Å²) in [4.78, 5) is 34.4. The van der Waals surface area contributed by atoms with Crippen molar-refractivity contribution in [3.05, 3.63) is 53.1 Å². The van der Waals surface area contributed by atoms with Crippen LogP contribution in [0.1, 0.15) is 21.5 Å². The van der Waals surface area contributed by atoms with Crippen LogP contribution in [0.4, 0.5) is 5.69 Å². The lowest BCUT2D eigenvalue weighted by Gasteiger charge is -2.13. The van der Waals surface area contributed by atoms with Gasteiger partial charge in [0.25, 0.3) is 11.8 Å². The van der Waals surface area contributed by atoms with E-state index >= 15 is 0 Å². The standard InChI is InChI=1S/C20H22N2O6/c1-12-8-14(9-13(2)19(12)28-11-18(24)25)20(26)22-15-4-6-16(7-5-15)27-10-17(23)21-3/h4-9H,10-11H2,1-3H3,(H,21,23)(H,22,26)(H,24,25). The molecule has 8 heteroatoms. The lowest BCUT2D eigenvalue weighted by atomic mass is 10.0. The fraction of sp³-hybridized carbons (Fsp3) is 0.250. The average Bonchev–Trinajstić information content (AvgIpc) is 2.66. The van der Waals surface area contributed by atoms with Gasteiger partial charge in [-0.1, -0.05) is 0 Å². The van der Waals surface area contributed by atoms with Crippen LogP contribution in [0.5, 0.6) is 11.5 Å². The Labute approximate surface area is 162 Å². The van der Waals surface area contributed by atoms with Crippen molar-refractivity contribution >= 4 is 23.5 Å². The third-order valence-electron chi connectivity index (χ3n) is 3.82. The van der Waals surface area contributed by atoms with Crippen molar-refractivity contribution < 1.29 is 29.0 Å². The zero-order valence-electron chi connectivity index (χ0n) is 15.9. The van der Waals surface area contributed by atoms with E-state index in [4.69, 9.17) is 14.6 Å². The van der Waals surface area contributed by atoms with Gasteiger partial charge in [0.05, 0.1) is 0 Å². The monoisotopic (exact) mass is 386 g/mol. The zero-order valence-corrected chi connectivity index (χ0v) is 15.9. The third kappa shape index (κ3) is 5.73. The number of carboxylic acids is 1. The van der Waals surface area contributed by atoms with Crippen LogP contribution < -0.4 is 20.1 Å². The zero-order chi connectivity index (χ0) is 20.7. The molecule has 0 aliphatic heterocycles. The van der Waals surface area contributed by atoms with Gasteiger partial charge >= 0.3 is 5.97 Å². The van der Waals surface area contributed by atoms with E-state index < -0.39 is 12.6 Å². The van der Waals surface area contributed by atoms with E-state index in [2.05, 4.69) is 10.6 Å². The number of hydrogen-bond donors (Lipinski definition) is 3. The van der Waals surface area contributed by atoms with Gasteiger partial charge in [0.15, 0.2) is 13.2 Å². The molecule has 28 heavy (non-hydrogen) atoms. The summed E-state index contributed by atoms with van der Waals surface area (Å²) in [6.07, 6.45) is 0. The first-order chi connectivity index (χ1) is 13.3. The number of benzene rings is 2. The van der Waals surface area contributed by atoms with Crippen LogP contribution in [0.25, 0.3) is 0 Å². The average molecular weight is 386 g/mol. The Balaban J connectivity index is 2.04. The van der Waals surface area contributed by atoms with E-state index in [1.54, 1.807) is 50.2 Å². The number of aryl methyl sites for hydroxylation is 2. The molecule has 2 rings (SSSR count). The maximum Gasteiger partial charge on any atom is 0.341 e. The number of nitrogens with one attached hydrogen (secondary N) is 2. The van der Waals surface area contributed by atoms with Crippen LogP contribution in [-0.2, 0) is 9.59 Å². The SMILES string of the molecule is CNC(=O)COc1ccc(NC(=O)c2cc(C)c(OCC(=O)O)c(C)c2)cc1. The quantitative estimate of drug-likeness (QED) is 0.641. The maximum absolute atomic E-state index is 12.5. The molecular weight excluding hydrogens is 364 g/mol. The van der Waals surface area contributed by atoms with Crippen LogP contribution in [0.2, 0.25) is 0 Å². The predicted molar refractivity (Wildman–Crippen MR) is 103 cm³/mol. The molecule has 148 valence electrons. The van der Waals surface area contributed by atoms with Gasteiger partial charge in [-0.25, -0.2) is 4.79 Å². The Morgan fingerprint density at radius 2 is 1.57 bits per heavy atom. The molecule has 2 aromatic carbocycles. The van der Waals surface area contributed by atoms with Gasteiger partial charge in [-0.2, -0.15) is 0 Å². The fourth-order valence-electron chi connectivity index (χ4n) is 2.50. The first-order valence-corrected chi connectivity index (χ1v) is 8.50. The van der Waals surface area contributed by atoms with Crippen molar-refractivity contribution in [1.29, 1.82) is 0 Å². The largest absolute Gasteiger partial charge is 0.484 e. The van der Waals surface area contributed by atoms with Crippen LogP contribution in [0.3, 0.4) is 0 Å². The molecule has 0 saturated carbocycles. The topological polar surface area (TPSA) is 114 Å². The molecule has 3 N–H and O–H groups in total. The molecule has 2 aromatic rings. The Bertz CT molecular complexity index is 854. The van der Waals surface area contributed by atoms with E-state index in [9.17, 15) is 14.4 Å². The highest BCUT2D eigenvalue weighted by Gasteiger charge is 2.13. The number of carbonyl (C=O) groups is 3. The van der Waals surface area contributed by atoms with Gasteiger partial charge in [-0.3, -0.25) is 9.59 Å². The molecule has 0 aliphatic carbocycles. The van der Waals surface area contributed by atoms with Crippen LogP contribution >= 0.6 is 0 Å². The first kappa shape index (κ1) is 20.8. The summed E-state index contributed by atoms with van der Waals surface area (Å²) in [5.74, 6) is -0.651. The molecule has 0 heterocycles. The van der Waals surface area contributed by atoms with E-state index in [0.29, 0.717) is 33.9 Å². The number of likely N-dealkylation sites (N-methyl/N-ethyl adjacent to an activating group) is 1. The number of ether oxygens (including phenoxy) is 2. The van der Waals surface area contributed by atoms with Gasteiger partial charge in [0.2, 0.25) is 0 Å². The molecule has 0 bridgehead atoms. The summed E-state index contributed by atoms with van der Waals surface area (Å²) in [6.45, 7) is 2.97. The van der Waals surface area contributed by atoms with E-state index in [0.717, 1.165) is 0 Å². The minimum atomic E-state index is -1.07. The van der Waals surface area contributed by atoms with Crippen LogP contribution in [-0.4, -0.2) is 43.2 Å². The Morgan fingerprint density at radius 1 is 0.964 bits per heavy atom. The molecule has 0 fully saturated rings. The van der Waals surface area contributed by atoms with Crippen molar-refractivity contribution in [3.63, 3.8) is 0 Å². The van der Waals surface area contributed by atoms with Crippen LogP contribution in [0, 0.1) is 13.8 Å². The highest BCUT2D eigenvalue weighted by molar-refractivity contribution is 6.04. The van der Waals surface area contributed by atoms with Gasteiger partial charge in [-0.05, 0) is 61.4 Å². The van der Waals surface area contributed by atoms with Crippen LogP contribution in [0.15, 0.2) is 36.4 Å². The summed E-state index contributed by atoms with van der Waals surface area (Å²) in [7, 11) is 1.53. The smallest absolute Gasteiger partial charge is 0.341 e. The number of amides is 2. The molecular formula is C20H22N2O6. The van der Waals surface area contributed by atoms with Gasteiger partial charge in [-0.15, -0.1) is 0 Å². The van der Waals surface area contributed by atoms with Gasteiger partial charge in [0, 0.05) is 18.3 Å². The number of hydrogen-bond acceptors (Lipinski definition) is 5. The predicted octanol–water partition coefficient (Wildman–Crippen LogP) is 2.14. The number of rotatable bonds is 8. The number of carbonyl (C=O) groups excluding carboxylic acids is 2. The number of aliphatic carboxylic acids is 1. The first-order valence-electron chi connectivity index (χ1n) is 8.50. The highest BCUT2D eigenvalue weighted by Crippen LogP contribution is 2.25. The van der Waals surface area contributed by atoms with Crippen molar-refractivity contribution in [3.8, 4) is 11.5 Å². The molecule has 8 nitrogen and oxygen atoms in total. The number of carboxylic acid groups (broad SMARTS) is 1. The Hall–Kier alpha value is -3.55. The van der Waals surface area contributed by atoms with E-state index in [1.165, 1.54) is 7.05 Å². The number of anilines is 1. The maximum atomic E-state index is 12.5. The van der Waals surface area contributed by atoms with E-state index in [1.807, 2.05) is 0 Å². The molecule has 2 amide bonds. The van der Waals surface area contributed by atoms with Gasteiger partial charge in [0.1, 0.15) is 11.5 Å². The van der Waals surface area contributed by atoms with E-state index in [-0.39, 0.29) is 18.4 Å². The lowest BCUT2D eigenvalue weighted by molar-refractivity contribution is -0.139. The summed E-state index contributed by atoms with van der Waals surface area (Å²) in [5.41, 5.74) is 2.34. The van der Waals surface area contributed by atoms with Crippen molar-refractivity contribution in [2.24, 2.45) is 0 Å². The second-order valence-corrected chi connectivity index (χ2v) is 6.06. The molecule has 0 radical (unpaired) electrons. The van der Waals surface area contributed by atoms with Crippen molar-refractivity contribution in [2.45, 2.75) is 13.8 Å². The normalized spacial score (nSPS) is 10.1. The summed E-state index contributed by atoms with van der Waals surface area (Å²) in [5, 5.41) is 14.0. The minimum Gasteiger partial charge on any atom is -0.484 e. The molecule has 0 spiro atoms. The summed E-state index contributed by atoms with van der Waals surface area (Å²) < 4.78 is 10.6. The second kappa shape index (κ2) is 9.40. The van der Waals surface area contributed by atoms with Crippen molar-refractivity contribution in [1.82, 2.24) is 5.32 Å². The second-order valence-electron chi connectivity index (χ2n) is 6.06. The minimum absolute atomic E-state index is 0.0863.